The molecule has 1 fully saturated rings. The Balaban J connectivity index is 1.48. The van der Waals surface area contributed by atoms with Crippen LogP contribution in [-0.2, 0) is 12.2 Å². The highest BCUT2D eigenvalue weighted by Gasteiger charge is 2.34. The number of ether oxygens (including phenoxy) is 1. The molecule has 0 aliphatic heterocycles. The second kappa shape index (κ2) is 10.8. The molecule has 4 aromatic heterocycles. The summed E-state index contributed by atoms with van der Waals surface area (Å²) in [5.41, 5.74) is 1.05. The van der Waals surface area contributed by atoms with Crippen LogP contribution in [-0.4, -0.2) is 29.6 Å². The summed E-state index contributed by atoms with van der Waals surface area (Å²) in [5.74, 6) is -1.25. The molecular weight excluding hydrogens is 528 g/mol. The lowest BCUT2D eigenvalue weighted by atomic mass is 9.84. The van der Waals surface area contributed by atoms with E-state index in [9.17, 15) is 18.7 Å². The largest absolute Gasteiger partial charge is 0.485 e. The van der Waals surface area contributed by atoms with Crippen molar-refractivity contribution in [3.8, 4) is 22.8 Å². The minimum atomic E-state index is -1.06. The Morgan fingerprint density at radius 2 is 1.82 bits per heavy atom. The monoisotopic (exact) mass is 553 g/mol. The van der Waals surface area contributed by atoms with Crippen LogP contribution in [0, 0.1) is 25.5 Å². The van der Waals surface area contributed by atoms with Gasteiger partial charge in [-0.1, -0.05) is 30.9 Å². The average Bonchev–Trinajstić information content (AvgIpc) is 2.92. The van der Waals surface area contributed by atoms with Gasteiger partial charge >= 0.3 is 0 Å². The van der Waals surface area contributed by atoms with E-state index in [2.05, 4.69) is 19.9 Å². The summed E-state index contributed by atoms with van der Waals surface area (Å²) in [6, 6.07) is 5.71. The van der Waals surface area contributed by atoms with Crippen molar-refractivity contribution in [3.05, 3.63) is 92.6 Å². The highest BCUT2D eigenvalue weighted by Crippen LogP contribution is 2.35. The van der Waals surface area contributed by atoms with Crippen LogP contribution >= 0.6 is 11.6 Å². The molecule has 202 valence electrons. The smallest absolute Gasteiger partial charge is 0.277 e. The Hall–Kier alpha value is -3.76. The number of hydrogen-bond acceptors (Lipinski definition) is 7. The summed E-state index contributed by atoms with van der Waals surface area (Å²) < 4.78 is 34.1. The van der Waals surface area contributed by atoms with Crippen LogP contribution in [0.5, 0.6) is 5.75 Å². The van der Waals surface area contributed by atoms with Gasteiger partial charge in [0.2, 0.25) is 0 Å². The minimum absolute atomic E-state index is 0.0500. The molecular formula is C28H26ClF2N5O3. The van der Waals surface area contributed by atoms with Gasteiger partial charge in [0.1, 0.15) is 34.5 Å². The number of hydrogen-bond donors (Lipinski definition) is 1. The average molecular weight is 554 g/mol. The van der Waals surface area contributed by atoms with Gasteiger partial charge < -0.3 is 9.84 Å². The normalized spacial score (nSPS) is 14.8. The zero-order valence-electron chi connectivity index (χ0n) is 21.4. The van der Waals surface area contributed by atoms with Crippen LogP contribution in [0.25, 0.3) is 17.1 Å². The third-order valence-corrected chi connectivity index (χ3v) is 7.23. The van der Waals surface area contributed by atoms with Gasteiger partial charge in [0.05, 0.1) is 23.3 Å². The molecule has 8 nitrogen and oxygen atoms in total. The van der Waals surface area contributed by atoms with Crippen molar-refractivity contribution in [2.24, 2.45) is 0 Å². The van der Waals surface area contributed by atoms with Crippen molar-refractivity contribution < 1.29 is 18.6 Å². The molecule has 0 aromatic carbocycles. The predicted molar refractivity (Wildman–Crippen MR) is 141 cm³/mol. The van der Waals surface area contributed by atoms with E-state index in [1.807, 2.05) is 6.92 Å². The van der Waals surface area contributed by atoms with Crippen LogP contribution in [0.15, 0.2) is 47.7 Å². The number of aryl methyl sites for hydroxylation is 2. The number of rotatable bonds is 6. The molecule has 0 spiro atoms. The first-order valence-electron chi connectivity index (χ1n) is 12.5. The zero-order chi connectivity index (χ0) is 27.7. The number of halogens is 3. The van der Waals surface area contributed by atoms with Gasteiger partial charge in [-0.25, -0.2) is 18.7 Å². The molecule has 1 aliphatic carbocycles. The second-order valence-corrected chi connectivity index (χ2v) is 10.1. The van der Waals surface area contributed by atoms with E-state index in [0.29, 0.717) is 53.1 Å². The zero-order valence-corrected chi connectivity index (χ0v) is 22.2. The third-order valence-electron chi connectivity index (χ3n) is 6.88. The maximum absolute atomic E-state index is 14.0. The molecule has 4 heterocycles. The van der Waals surface area contributed by atoms with Crippen molar-refractivity contribution in [1.29, 1.82) is 0 Å². The highest BCUT2D eigenvalue weighted by molar-refractivity contribution is 6.31. The van der Waals surface area contributed by atoms with Gasteiger partial charge in [-0.2, -0.15) is 0 Å². The Kier molecular flexibility index (Phi) is 7.42. The summed E-state index contributed by atoms with van der Waals surface area (Å²) in [6.07, 6.45) is 8.23. The molecule has 5 rings (SSSR count). The fraction of sp³-hybridized carbons (Fsp3) is 0.321. The van der Waals surface area contributed by atoms with E-state index in [1.54, 1.807) is 37.5 Å². The Labute approximate surface area is 228 Å². The number of pyridine rings is 3. The summed E-state index contributed by atoms with van der Waals surface area (Å²) in [5, 5.41) is 10.9. The third kappa shape index (κ3) is 5.39. The molecule has 1 aliphatic rings. The molecule has 11 heteroatoms. The lowest BCUT2D eigenvalue weighted by molar-refractivity contribution is -0.00885. The molecule has 0 saturated heterocycles. The van der Waals surface area contributed by atoms with Crippen molar-refractivity contribution in [3.63, 3.8) is 0 Å². The van der Waals surface area contributed by atoms with Crippen molar-refractivity contribution in [2.45, 2.75) is 58.2 Å². The number of aliphatic hydroxyl groups is 1. The lowest BCUT2D eigenvalue weighted by Crippen LogP contribution is -2.30. The maximum atomic E-state index is 14.0. The van der Waals surface area contributed by atoms with Crippen LogP contribution in [0.3, 0.4) is 0 Å². The highest BCUT2D eigenvalue weighted by atomic mass is 35.5. The molecule has 39 heavy (non-hydrogen) atoms. The Morgan fingerprint density at radius 3 is 2.56 bits per heavy atom. The summed E-state index contributed by atoms with van der Waals surface area (Å²) >= 11 is 6.39. The van der Waals surface area contributed by atoms with Gasteiger partial charge in [-0.3, -0.25) is 19.3 Å². The maximum Gasteiger partial charge on any atom is 0.277 e. The molecule has 4 aromatic rings. The predicted octanol–water partition coefficient (Wildman–Crippen LogP) is 5.36. The van der Waals surface area contributed by atoms with E-state index in [4.69, 9.17) is 16.3 Å². The fourth-order valence-corrected chi connectivity index (χ4v) is 4.95. The number of aromatic nitrogens is 5. The SMILES string of the molecule is Cc1cnc(-c2ccnc(C3(O)CCCCC3)n2)cc1-n1c(C)cc(OCc2ncc(F)cc2F)c(Cl)c1=O. The van der Waals surface area contributed by atoms with E-state index < -0.39 is 22.8 Å². The van der Waals surface area contributed by atoms with Gasteiger partial charge in [0.15, 0.2) is 11.6 Å². The fourth-order valence-electron chi connectivity index (χ4n) is 4.76. The first kappa shape index (κ1) is 26.8. The Morgan fingerprint density at radius 1 is 1.05 bits per heavy atom. The molecule has 0 amide bonds. The van der Waals surface area contributed by atoms with Gasteiger partial charge in [-0.15, -0.1) is 0 Å². The van der Waals surface area contributed by atoms with Crippen molar-refractivity contribution in [1.82, 2.24) is 24.5 Å². The molecule has 0 radical (unpaired) electrons. The van der Waals surface area contributed by atoms with Gasteiger partial charge in [0.25, 0.3) is 5.56 Å². The van der Waals surface area contributed by atoms with Gasteiger partial charge in [-0.05, 0) is 44.4 Å². The van der Waals surface area contributed by atoms with E-state index in [0.717, 1.165) is 25.5 Å². The molecule has 0 bridgehead atoms. The summed E-state index contributed by atoms with van der Waals surface area (Å²) in [4.78, 5) is 30.5. The molecule has 0 atom stereocenters. The van der Waals surface area contributed by atoms with Gasteiger partial charge in [0, 0.05) is 30.2 Å². The van der Waals surface area contributed by atoms with Crippen molar-refractivity contribution >= 4 is 11.6 Å². The van der Waals surface area contributed by atoms with Crippen LogP contribution in [0.1, 0.15) is 54.9 Å². The first-order chi connectivity index (χ1) is 18.7. The second-order valence-electron chi connectivity index (χ2n) is 9.69. The van der Waals surface area contributed by atoms with Crippen LogP contribution < -0.4 is 10.3 Å². The quantitative estimate of drug-likeness (QED) is 0.343. The summed E-state index contributed by atoms with van der Waals surface area (Å²) in [6.45, 7) is 3.19. The van der Waals surface area contributed by atoms with E-state index in [1.165, 1.54) is 4.57 Å². The summed E-state index contributed by atoms with van der Waals surface area (Å²) in [7, 11) is 0. The molecule has 0 unspecified atom stereocenters. The van der Waals surface area contributed by atoms with E-state index >= 15 is 0 Å². The van der Waals surface area contributed by atoms with Crippen LogP contribution in [0.4, 0.5) is 8.78 Å². The van der Waals surface area contributed by atoms with E-state index in [-0.39, 0.29) is 23.1 Å². The molecule has 1 N–H and O–H groups in total. The van der Waals surface area contributed by atoms with Crippen LogP contribution in [0.2, 0.25) is 5.02 Å². The molecule has 1 saturated carbocycles. The number of nitrogens with zero attached hydrogens (tertiary/aromatic N) is 5. The Bertz CT molecular complexity index is 1610. The standard InChI is InChI=1S/C28H26ClF2N5O3/c1-16-13-33-21(20-6-9-32-27(35-20)28(38)7-4-3-5-8-28)12-23(16)36-17(2)10-24(25(29)26(36)37)39-15-22-19(31)11-18(30)14-34-22/h6,9-14,38H,3-5,7-8,15H2,1-2H3. The lowest BCUT2D eigenvalue weighted by Gasteiger charge is -2.30. The topological polar surface area (TPSA) is 103 Å². The minimum Gasteiger partial charge on any atom is -0.485 e. The van der Waals surface area contributed by atoms with Crippen molar-refractivity contribution in [2.75, 3.05) is 0 Å². The first-order valence-corrected chi connectivity index (χ1v) is 12.9.